The van der Waals surface area contributed by atoms with Crippen molar-refractivity contribution in [2.24, 2.45) is 5.92 Å². The van der Waals surface area contributed by atoms with Crippen LogP contribution in [0, 0.1) is 5.92 Å². The lowest BCUT2D eigenvalue weighted by Crippen LogP contribution is -2.49. The Balaban J connectivity index is 1.75. The highest BCUT2D eigenvalue weighted by atomic mass is 32.9. The minimum absolute atomic E-state index is 0.000322. The molecule has 1 aromatic rings. The van der Waals surface area contributed by atoms with Gasteiger partial charge in [0.2, 0.25) is 0 Å². The van der Waals surface area contributed by atoms with E-state index in [9.17, 15) is 14.7 Å². The van der Waals surface area contributed by atoms with Gasteiger partial charge in [-0.1, -0.05) is 56.1 Å². The number of hydrogen-bond acceptors (Lipinski definition) is 8. The molecule has 0 radical (unpaired) electrons. The van der Waals surface area contributed by atoms with E-state index < -0.39 is 61.2 Å². The fourth-order valence-electron chi connectivity index (χ4n) is 4.54. The predicted octanol–water partition coefficient (Wildman–Crippen LogP) is 4.91. The summed E-state index contributed by atoms with van der Waals surface area (Å²) in [6.07, 6.45) is -3.47. The topological polar surface area (TPSA) is 103 Å². The zero-order valence-corrected chi connectivity index (χ0v) is 26.9. The van der Waals surface area contributed by atoms with Crippen LogP contribution in [0.4, 0.5) is 4.39 Å². The Morgan fingerprint density at radius 1 is 1.45 bits per heavy atom. The van der Waals surface area contributed by atoms with Crippen molar-refractivity contribution < 1.29 is 23.2 Å². The molecule has 8 atom stereocenters. The molecular weight excluding hydrogens is 566 g/mol. The van der Waals surface area contributed by atoms with E-state index in [-0.39, 0.29) is 11.6 Å². The van der Waals surface area contributed by atoms with E-state index >= 15 is 4.39 Å². The average Bonchev–Trinajstić information content (AvgIpc) is 3.08. The molecule has 2 N–H and O–H groups in total. The number of rotatable bonds is 9. The minimum Gasteiger partial charge on any atom is -0.408 e. The summed E-state index contributed by atoms with van der Waals surface area (Å²) in [4.78, 5) is 26.1. The normalized spacial score (nSPS) is 33.3. The fourth-order valence-corrected chi connectivity index (χ4v) is 11.2. The Labute approximate surface area is 235 Å². The van der Waals surface area contributed by atoms with Gasteiger partial charge in [-0.2, -0.15) is 0 Å². The van der Waals surface area contributed by atoms with Gasteiger partial charge in [-0.15, -0.1) is 0 Å². The Kier molecular flexibility index (Phi) is 10.2. The van der Waals surface area contributed by atoms with Crippen molar-refractivity contribution in [3.05, 3.63) is 45.3 Å². The maximum atomic E-state index is 15.9. The standard InChI is InChI=1S/C25H42FN2O6PS2Si/c1-15(2)16-9-11-25(6,18(29)13-16)37-35(36)32-14-17-21(34-38(7,8)24(3,4)5)20(26)22(33-17)28-12-10-19(30)27-23(28)31/h10,12,16-18,20-22,29,35H,1,9,11,13-14H2,2-8H3,(H,27,30,31)/t16-,17-,18+,20-,21?,22-,25+/m1/s1. The van der Waals surface area contributed by atoms with Crippen LogP contribution in [0.25, 0.3) is 0 Å². The number of ether oxygens (including phenoxy) is 1. The number of aromatic amines is 1. The Morgan fingerprint density at radius 2 is 2.11 bits per heavy atom. The molecule has 1 saturated heterocycles. The predicted molar refractivity (Wildman–Crippen MR) is 158 cm³/mol. The van der Waals surface area contributed by atoms with E-state index in [1.54, 1.807) is 0 Å². The van der Waals surface area contributed by atoms with Crippen molar-refractivity contribution in [1.82, 2.24) is 9.55 Å². The number of nitrogens with zero attached hydrogens (tertiary/aromatic N) is 1. The Hall–Kier alpha value is -0.593. The van der Waals surface area contributed by atoms with E-state index in [2.05, 4.69) is 32.3 Å². The van der Waals surface area contributed by atoms with Gasteiger partial charge in [-0.25, -0.2) is 9.18 Å². The van der Waals surface area contributed by atoms with E-state index in [0.717, 1.165) is 29.0 Å². The molecule has 0 spiro atoms. The third-order valence-corrected chi connectivity index (χ3v) is 17.6. The van der Waals surface area contributed by atoms with Crippen molar-refractivity contribution in [3.8, 4) is 0 Å². The fraction of sp³-hybridized carbons (Fsp3) is 0.760. The van der Waals surface area contributed by atoms with Crippen LogP contribution in [0.1, 0.15) is 60.1 Å². The smallest absolute Gasteiger partial charge is 0.330 e. The van der Waals surface area contributed by atoms with E-state index in [1.807, 2.05) is 26.9 Å². The van der Waals surface area contributed by atoms with Crippen LogP contribution in [0.15, 0.2) is 34.0 Å². The van der Waals surface area contributed by atoms with Gasteiger partial charge in [0.15, 0.2) is 20.7 Å². The second-order valence-electron chi connectivity index (χ2n) is 12.2. The molecule has 2 aliphatic rings. The van der Waals surface area contributed by atoms with Crippen molar-refractivity contribution in [2.45, 2.75) is 107 Å². The van der Waals surface area contributed by atoms with Crippen LogP contribution in [-0.4, -0.2) is 58.8 Å². The number of aliphatic hydroxyl groups is 1. The zero-order chi connectivity index (χ0) is 28.6. The van der Waals surface area contributed by atoms with Crippen LogP contribution in [0.2, 0.25) is 18.1 Å². The number of H-pyrrole nitrogens is 1. The van der Waals surface area contributed by atoms with Crippen molar-refractivity contribution in [3.63, 3.8) is 0 Å². The molecule has 216 valence electrons. The van der Waals surface area contributed by atoms with Gasteiger partial charge in [0.05, 0.1) is 12.7 Å². The lowest BCUT2D eigenvalue weighted by molar-refractivity contribution is -0.0413. The van der Waals surface area contributed by atoms with Gasteiger partial charge in [-0.05, 0) is 57.2 Å². The average molecular weight is 609 g/mol. The zero-order valence-electron chi connectivity index (χ0n) is 23.3. The monoisotopic (exact) mass is 608 g/mol. The molecule has 2 heterocycles. The van der Waals surface area contributed by atoms with E-state index in [1.165, 1.54) is 17.6 Å². The molecule has 0 aromatic carbocycles. The number of hydrogen-bond donors (Lipinski definition) is 2. The maximum absolute atomic E-state index is 15.9. The van der Waals surface area contributed by atoms with Crippen molar-refractivity contribution in [1.29, 1.82) is 0 Å². The number of allylic oxidation sites excluding steroid dienone is 1. The third kappa shape index (κ3) is 7.18. The third-order valence-electron chi connectivity index (χ3n) is 8.21. The van der Waals surface area contributed by atoms with Crippen LogP contribution in [0.5, 0.6) is 0 Å². The molecule has 38 heavy (non-hydrogen) atoms. The molecule has 13 heteroatoms. The minimum atomic E-state index is -2.42. The maximum Gasteiger partial charge on any atom is 0.330 e. The first kappa shape index (κ1) is 31.9. The summed E-state index contributed by atoms with van der Waals surface area (Å²) in [5.74, 6) is 0.301. The molecule has 1 aliphatic carbocycles. The first-order valence-electron chi connectivity index (χ1n) is 12.9. The lowest BCUT2D eigenvalue weighted by Gasteiger charge is -2.41. The number of halogens is 1. The first-order valence-corrected chi connectivity index (χ1v) is 19.9. The number of alkyl halides is 1. The summed E-state index contributed by atoms with van der Waals surface area (Å²) in [5, 5.41) is 10.7. The molecule has 1 saturated carbocycles. The van der Waals surface area contributed by atoms with Crippen LogP contribution in [0.3, 0.4) is 0 Å². The summed E-state index contributed by atoms with van der Waals surface area (Å²) in [6.45, 7) is 18.3. The second kappa shape index (κ2) is 12.1. The summed E-state index contributed by atoms with van der Waals surface area (Å²) in [5.41, 5.74) is -0.245. The summed E-state index contributed by atoms with van der Waals surface area (Å²) >= 11 is 7.18. The SMILES string of the molecule is C=C(C)[C@@H]1CC[C@](C)(S[PH](=S)OC[C@H]2O[C@@H](n3ccc(=O)[nH]c3=O)[C@H](F)C2O[Si](C)(C)C(C)(C)C)[C@@H](O)C1. The number of aliphatic hydroxyl groups excluding tert-OH is 1. The van der Waals surface area contributed by atoms with Crippen molar-refractivity contribution >= 4 is 37.6 Å². The largest absolute Gasteiger partial charge is 0.408 e. The van der Waals surface area contributed by atoms with Gasteiger partial charge in [0.1, 0.15) is 18.3 Å². The number of nitrogens with one attached hydrogen (secondary N) is 1. The Bertz CT molecular complexity index is 1160. The summed E-state index contributed by atoms with van der Waals surface area (Å²) < 4.78 is 35.1. The number of aromatic nitrogens is 2. The molecule has 2 unspecified atom stereocenters. The highest BCUT2D eigenvalue weighted by Crippen LogP contribution is 2.55. The molecule has 2 fully saturated rings. The quantitative estimate of drug-likeness (QED) is 0.232. The van der Waals surface area contributed by atoms with Gasteiger partial charge in [0.25, 0.3) is 5.56 Å². The molecule has 0 bridgehead atoms. The first-order chi connectivity index (χ1) is 17.4. The van der Waals surface area contributed by atoms with Crippen LogP contribution < -0.4 is 11.2 Å². The molecule has 3 rings (SSSR count). The van der Waals surface area contributed by atoms with E-state index in [0.29, 0.717) is 12.3 Å². The highest BCUT2D eigenvalue weighted by Gasteiger charge is 2.52. The van der Waals surface area contributed by atoms with Gasteiger partial charge >= 0.3 is 5.69 Å². The van der Waals surface area contributed by atoms with Gasteiger partial charge in [0, 0.05) is 17.0 Å². The molecule has 1 aliphatic heterocycles. The lowest BCUT2D eigenvalue weighted by atomic mass is 9.77. The Morgan fingerprint density at radius 3 is 2.66 bits per heavy atom. The highest BCUT2D eigenvalue weighted by molar-refractivity contribution is 8.63. The van der Waals surface area contributed by atoms with Gasteiger partial charge in [-0.3, -0.25) is 14.3 Å². The molecular formula is C25H42FN2O6PS2Si. The second-order valence-corrected chi connectivity index (χ2v) is 22.5. The summed E-state index contributed by atoms with van der Waals surface area (Å²) in [7, 11) is -2.42. The van der Waals surface area contributed by atoms with E-state index in [4.69, 9.17) is 25.5 Å². The van der Waals surface area contributed by atoms with Crippen LogP contribution in [-0.2, 0) is 25.5 Å². The van der Waals surface area contributed by atoms with Crippen molar-refractivity contribution in [2.75, 3.05) is 6.61 Å². The molecule has 1 aromatic heterocycles. The molecule has 8 nitrogen and oxygen atoms in total. The van der Waals surface area contributed by atoms with Gasteiger partial charge < -0.3 is 18.8 Å². The molecule has 0 amide bonds. The summed E-state index contributed by atoms with van der Waals surface area (Å²) in [6, 6.07) is 1.15. The van der Waals surface area contributed by atoms with Crippen LogP contribution >= 0.6 is 17.5 Å².